The second-order valence-corrected chi connectivity index (χ2v) is 8.52. The summed E-state index contributed by atoms with van der Waals surface area (Å²) < 4.78 is 1.87. The van der Waals surface area contributed by atoms with Crippen LogP contribution in [0.15, 0.2) is 34.8 Å². The third-order valence-corrected chi connectivity index (χ3v) is 6.26. The number of thiazole rings is 1. The monoisotopic (exact) mass is 400 g/mol. The molecule has 3 aromatic rings. The van der Waals surface area contributed by atoms with Gasteiger partial charge in [0.25, 0.3) is 0 Å². The predicted molar refractivity (Wildman–Crippen MR) is 107 cm³/mol. The van der Waals surface area contributed by atoms with E-state index in [2.05, 4.69) is 25.8 Å². The fourth-order valence-electron chi connectivity index (χ4n) is 3.21. The van der Waals surface area contributed by atoms with Crippen LogP contribution < -0.4 is 5.32 Å². The summed E-state index contributed by atoms with van der Waals surface area (Å²) in [5, 5.41) is 18.7. The topological polar surface area (TPSA) is 85.6 Å². The molecule has 1 aliphatic carbocycles. The molecule has 0 unspecified atom stereocenters. The van der Waals surface area contributed by atoms with Crippen molar-refractivity contribution in [1.82, 2.24) is 25.2 Å². The first-order chi connectivity index (χ1) is 13.2. The highest BCUT2D eigenvalue weighted by Gasteiger charge is 2.22. The van der Waals surface area contributed by atoms with Gasteiger partial charge in [-0.3, -0.25) is 4.79 Å². The molecule has 1 saturated carbocycles. The van der Waals surface area contributed by atoms with E-state index >= 15 is 0 Å². The van der Waals surface area contributed by atoms with Crippen molar-refractivity contribution >= 4 is 34.7 Å². The van der Waals surface area contributed by atoms with Crippen LogP contribution in [0.2, 0.25) is 0 Å². The second kappa shape index (κ2) is 8.18. The Bertz CT molecular complexity index is 914. The number of hydrogen-bond acceptors (Lipinski definition) is 7. The van der Waals surface area contributed by atoms with E-state index in [1.165, 1.54) is 24.6 Å². The van der Waals surface area contributed by atoms with E-state index in [0.717, 1.165) is 34.8 Å². The first kappa shape index (κ1) is 18.1. The Morgan fingerprint density at radius 2 is 2.07 bits per heavy atom. The Morgan fingerprint density at radius 3 is 2.78 bits per heavy atom. The maximum atomic E-state index is 12.3. The van der Waals surface area contributed by atoms with Crippen LogP contribution in [0, 0.1) is 6.92 Å². The lowest BCUT2D eigenvalue weighted by Gasteiger charge is -2.10. The number of amides is 1. The van der Waals surface area contributed by atoms with E-state index in [-0.39, 0.29) is 11.7 Å². The van der Waals surface area contributed by atoms with Crippen LogP contribution in [0.3, 0.4) is 0 Å². The molecular weight excluding hydrogens is 380 g/mol. The smallest absolute Gasteiger partial charge is 0.234 e. The van der Waals surface area contributed by atoms with Gasteiger partial charge in [-0.2, -0.15) is 0 Å². The van der Waals surface area contributed by atoms with Crippen molar-refractivity contribution in [3.63, 3.8) is 0 Å². The van der Waals surface area contributed by atoms with E-state index in [4.69, 9.17) is 0 Å². The zero-order valence-electron chi connectivity index (χ0n) is 15.0. The van der Waals surface area contributed by atoms with Gasteiger partial charge < -0.3 is 5.32 Å². The van der Waals surface area contributed by atoms with Gasteiger partial charge in [-0.25, -0.2) is 9.67 Å². The van der Waals surface area contributed by atoms with Crippen LogP contribution in [0.4, 0.5) is 5.69 Å². The number of rotatable bonds is 6. The van der Waals surface area contributed by atoms with Gasteiger partial charge >= 0.3 is 0 Å². The Labute approximate surface area is 165 Å². The third-order valence-electron chi connectivity index (χ3n) is 4.55. The summed E-state index contributed by atoms with van der Waals surface area (Å²) in [6, 6.07) is 8.10. The van der Waals surface area contributed by atoms with E-state index in [9.17, 15) is 4.79 Å². The molecule has 0 aliphatic heterocycles. The van der Waals surface area contributed by atoms with Crippen LogP contribution >= 0.6 is 23.1 Å². The number of anilines is 1. The van der Waals surface area contributed by atoms with Crippen molar-refractivity contribution in [2.75, 3.05) is 11.1 Å². The van der Waals surface area contributed by atoms with E-state index in [1.54, 1.807) is 11.3 Å². The van der Waals surface area contributed by atoms with Crippen molar-refractivity contribution in [3.05, 3.63) is 34.7 Å². The number of benzene rings is 1. The number of aryl methyl sites for hydroxylation is 1. The molecule has 1 fully saturated rings. The van der Waals surface area contributed by atoms with Gasteiger partial charge in [0.05, 0.1) is 22.5 Å². The molecule has 0 radical (unpaired) electrons. The molecule has 1 amide bonds. The van der Waals surface area contributed by atoms with Gasteiger partial charge in [0.1, 0.15) is 0 Å². The molecule has 27 heavy (non-hydrogen) atoms. The summed E-state index contributed by atoms with van der Waals surface area (Å²) in [7, 11) is 0. The predicted octanol–water partition coefficient (Wildman–Crippen LogP) is 3.95. The SMILES string of the molecule is Cc1nc(-c2ccc(NC(=O)CSc3nnnn3C3CCCC3)cc2)cs1. The Hall–Kier alpha value is -2.26. The number of aromatic nitrogens is 5. The lowest BCUT2D eigenvalue weighted by Crippen LogP contribution is -2.15. The van der Waals surface area contributed by atoms with Crippen LogP contribution in [-0.4, -0.2) is 36.9 Å². The minimum absolute atomic E-state index is 0.0711. The molecule has 1 N–H and O–H groups in total. The van der Waals surface area contributed by atoms with Crippen molar-refractivity contribution in [2.24, 2.45) is 0 Å². The van der Waals surface area contributed by atoms with Crippen molar-refractivity contribution in [3.8, 4) is 11.3 Å². The largest absolute Gasteiger partial charge is 0.325 e. The van der Waals surface area contributed by atoms with Crippen molar-refractivity contribution in [1.29, 1.82) is 0 Å². The fourth-order valence-corrected chi connectivity index (χ4v) is 4.57. The lowest BCUT2D eigenvalue weighted by atomic mass is 10.1. The number of nitrogens with zero attached hydrogens (tertiary/aromatic N) is 5. The van der Waals surface area contributed by atoms with Crippen LogP contribution in [0.25, 0.3) is 11.3 Å². The van der Waals surface area contributed by atoms with Gasteiger partial charge in [0, 0.05) is 16.6 Å². The summed E-state index contributed by atoms with van der Waals surface area (Å²) in [6.45, 7) is 1.99. The van der Waals surface area contributed by atoms with Crippen molar-refractivity contribution < 1.29 is 4.79 Å². The number of hydrogen-bond donors (Lipinski definition) is 1. The average Bonchev–Trinajstić information content (AvgIpc) is 3.42. The zero-order chi connectivity index (χ0) is 18.6. The van der Waals surface area contributed by atoms with E-state index < -0.39 is 0 Å². The van der Waals surface area contributed by atoms with Crippen LogP contribution in [-0.2, 0) is 4.79 Å². The van der Waals surface area contributed by atoms with Gasteiger partial charge in [-0.05, 0) is 42.3 Å². The third kappa shape index (κ3) is 4.36. The maximum Gasteiger partial charge on any atom is 0.234 e. The highest BCUT2D eigenvalue weighted by Crippen LogP contribution is 2.31. The minimum atomic E-state index is -0.0711. The molecule has 1 aromatic carbocycles. The standard InChI is InChI=1S/C18H20N6OS2/c1-12-19-16(10-26-12)13-6-8-14(9-7-13)20-17(25)11-27-18-21-22-23-24(18)15-4-2-3-5-15/h6-10,15H,2-5,11H2,1H3,(H,20,25). The number of carbonyl (C=O) groups is 1. The zero-order valence-corrected chi connectivity index (χ0v) is 16.6. The molecule has 1 aliphatic rings. The Balaban J connectivity index is 1.33. The molecule has 0 saturated heterocycles. The first-order valence-corrected chi connectivity index (χ1v) is 10.8. The number of nitrogens with one attached hydrogen (secondary N) is 1. The van der Waals surface area contributed by atoms with Gasteiger partial charge in [0.2, 0.25) is 11.1 Å². The average molecular weight is 401 g/mol. The molecule has 2 heterocycles. The molecule has 7 nitrogen and oxygen atoms in total. The quantitative estimate of drug-likeness (QED) is 0.631. The molecule has 0 atom stereocenters. The highest BCUT2D eigenvalue weighted by molar-refractivity contribution is 7.99. The summed E-state index contributed by atoms with van der Waals surface area (Å²) in [6.07, 6.45) is 4.64. The lowest BCUT2D eigenvalue weighted by molar-refractivity contribution is -0.113. The molecule has 140 valence electrons. The molecule has 0 bridgehead atoms. The molecule has 4 rings (SSSR count). The second-order valence-electron chi connectivity index (χ2n) is 6.51. The number of thioether (sulfide) groups is 1. The minimum Gasteiger partial charge on any atom is -0.325 e. The highest BCUT2D eigenvalue weighted by atomic mass is 32.2. The van der Waals surface area contributed by atoms with E-state index in [0.29, 0.717) is 11.2 Å². The van der Waals surface area contributed by atoms with Gasteiger partial charge in [-0.1, -0.05) is 36.7 Å². The van der Waals surface area contributed by atoms with Crippen LogP contribution in [0.1, 0.15) is 36.7 Å². The van der Waals surface area contributed by atoms with Gasteiger partial charge in [-0.15, -0.1) is 16.4 Å². The maximum absolute atomic E-state index is 12.3. The Morgan fingerprint density at radius 1 is 1.30 bits per heavy atom. The molecule has 0 spiro atoms. The molecule has 2 aromatic heterocycles. The number of carbonyl (C=O) groups excluding carboxylic acids is 1. The molecular formula is C18H20N6OS2. The van der Waals surface area contributed by atoms with Crippen LogP contribution in [0.5, 0.6) is 0 Å². The van der Waals surface area contributed by atoms with Crippen molar-refractivity contribution in [2.45, 2.75) is 43.8 Å². The Kier molecular flexibility index (Phi) is 5.49. The fraction of sp³-hybridized carbons (Fsp3) is 0.389. The normalized spacial score (nSPS) is 14.6. The summed E-state index contributed by atoms with van der Waals surface area (Å²) in [5.74, 6) is 0.207. The van der Waals surface area contributed by atoms with E-state index in [1.807, 2.05) is 41.3 Å². The summed E-state index contributed by atoms with van der Waals surface area (Å²) in [5.41, 5.74) is 2.78. The first-order valence-electron chi connectivity index (χ1n) is 8.92. The molecule has 9 heteroatoms. The summed E-state index contributed by atoms with van der Waals surface area (Å²) in [4.78, 5) is 16.8. The number of tetrazole rings is 1. The van der Waals surface area contributed by atoms with Gasteiger partial charge in [0.15, 0.2) is 0 Å². The summed E-state index contributed by atoms with van der Waals surface area (Å²) >= 11 is 3.00.